The number of nitrogens with two attached hydrogens (primary N) is 3. The molecule has 0 radical (unpaired) electrons. The molecule has 3 rings (SSSR count). The van der Waals surface area contributed by atoms with E-state index in [1.54, 1.807) is 0 Å². The normalized spacial score (nSPS) is 16.4. The zero-order valence-electron chi connectivity index (χ0n) is 23.4. The number of hydrogen-bond acceptors (Lipinski definition) is 7. The Kier molecular flexibility index (Phi) is 11.0. The molecule has 44 heavy (non-hydrogen) atoms. The van der Waals surface area contributed by atoms with Crippen LogP contribution in [-0.4, -0.2) is 66.0 Å². The van der Waals surface area contributed by atoms with Gasteiger partial charge in [-0.3, -0.25) is 14.4 Å². The van der Waals surface area contributed by atoms with Gasteiger partial charge in [0.15, 0.2) is 0 Å². The monoisotopic (exact) mass is 632 g/mol. The SMILES string of the molecule is NCCN(CCN)C(=O)C[C@H](N)C(=O)N[C@H](C(=O)NC1(c2ccc(C(F)(F)F)cc2)CC1)[C@H](O)c1ccc(C(F)(F)F)cc1. The number of aliphatic hydroxyl groups is 1. The van der Waals surface area contributed by atoms with Gasteiger partial charge in [0.2, 0.25) is 17.7 Å². The second kappa shape index (κ2) is 13.9. The Labute approximate surface area is 248 Å². The molecule has 0 spiro atoms. The number of amides is 3. The van der Waals surface area contributed by atoms with Crippen LogP contribution in [0.3, 0.4) is 0 Å². The zero-order chi connectivity index (χ0) is 32.9. The van der Waals surface area contributed by atoms with Crippen LogP contribution in [0.1, 0.15) is 47.6 Å². The second-order valence-electron chi connectivity index (χ2n) is 10.5. The number of carbonyl (C=O) groups excluding carboxylic acids is 3. The summed E-state index contributed by atoms with van der Waals surface area (Å²) in [5.74, 6) is -2.55. The highest BCUT2D eigenvalue weighted by molar-refractivity contribution is 5.93. The Morgan fingerprint density at radius 1 is 0.841 bits per heavy atom. The number of rotatable bonds is 13. The number of halogens is 6. The summed E-state index contributed by atoms with van der Waals surface area (Å²) in [6.45, 7) is 0.535. The van der Waals surface area contributed by atoms with Crippen molar-refractivity contribution in [3.8, 4) is 0 Å². The summed E-state index contributed by atoms with van der Waals surface area (Å²) in [6.07, 6.45) is -11.0. The standard InChI is InChI=1S/C28H34F6N6O4/c29-27(30,31)18-3-1-16(2-4-18)23(42)22(38-24(43)20(37)15-21(41)40(13-11-35)14-12-36)25(44)39-26(9-10-26)17-5-7-19(8-6-17)28(32,33)34/h1-8,20,22-23,42H,9-15,35-37H2,(H,38,43)(H,39,44)/t20-,22-,23+/m0/s1. The van der Waals surface area contributed by atoms with Crippen LogP contribution in [0.25, 0.3) is 0 Å². The van der Waals surface area contributed by atoms with Gasteiger partial charge >= 0.3 is 12.4 Å². The highest BCUT2D eigenvalue weighted by Crippen LogP contribution is 2.46. The average Bonchev–Trinajstić information content (AvgIpc) is 3.74. The van der Waals surface area contributed by atoms with Gasteiger partial charge in [-0.25, -0.2) is 0 Å². The maximum absolute atomic E-state index is 13.5. The fourth-order valence-electron chi connectivity index (χ4n) is 4.60. The molecule has 0 unspecified atom stereocenters. The van der Waals surface area contributed by atoms with E-state index in [9.17, 15) is 45.8 Å². The summed E-state index contributed by atoms with van der Waals surface area (Å²) >= 11 is 0. The molecule has 9 N–H and O–H groups in total. The third kappa shape index (κ3) is 8.68. The Morgan fingerprint density at radius 3 is 1.75 bits per heavy atom. The molecule has 3 atom stereocenters. The van der Waals surface area contributed by atoms with Crippen LogP contribution < -0.4 is 27.8 Å². The van der Waals surface area contributed by atoms with Crippen molar-refractivity contribution >= 4 is 17.7 Å². The van der Waals surface area contributed by atoms with Gasteiger partial charge in [0, 0.05) is 26.2 Å². The van der Waals surface area contributed by atoms with Gasteiger partial charge in [-0.2, -0.15) is 26.3 Å². The minimum atomic E-state index is -4.67. The van der Waals surface area contributed by atoms with Gasteiger partial charge < -0.3 is 37.8 Å². The van der Waals surface area contributed by atoms with Crippen molar-refractivity contribution in [1.82, 2.24) is 15.5 Å². The van der Waals surface area contributed by atoms with E-state index in [2.05, 4.69) is 10.6 Å². The molecule has 0 heterocycles. The van der Waals surface area contributed by atoms with Crippen molar-refractivity contribution in [2.75, 3.05) is 26.2 Å². The summed E-state index contributed by atoms with van der Waals surface area (Å²) in [5, 5.41) is 16.0. The molecule has 10 nitrogen and oxygen atoms in total. The van der Waals surface area contributed by atoms with E-state index >= 15 is 0 Å². The van der Waals surface area contributed by atoms with Crippen molar-refractivity contribution in [1.29, 1.82) is 0 Å². The van der Waals surface area contributed by atoms with E-state index in [1.807, 2.05) is 0 Å². The number of carbonyl (C=O) groups is 3. The molecular weight excluding hydrogens is 598 g/mol. The van der Waals surface area contributed by atoms with Crippen molar-refractivity contribution in [3.05, 3.63) is 70.8 Å². The first kappa shape index (κ1) is 34.8. The maximum Gasteiger partial charge on any atom is 0.416 e. The summed E-state index contributed by atoms with van der Waals surface area (Å²) in [6, 6.07) is 4.04. The van der Waals surface area contributed by atoms with Crippen molar-refractivity contribution < 1.29 is 45.8 Å². The van der Waals surface area contributed by atoms with Crippen LogP contribution in [0.5, 0.6) is 0 Å². The summed E-state index contributed by atoms with van der Waals surface area (Å²) in [5.41, 5.74) is 14.1. The van der Waals surface area contributed by atoms with Gasteiger partial charge in [-0.1, -0.05) is 24.3 Å². The molecule has 0 bridgehead atoms. The highest BCUT2D eigenvalue weighted by atomic mass is 19.4. The Balaban J connectivity index is 1.84. The fraction of sp³-hybridized carbons (Fsp3) is 0.464. The lowest BCUT2D eigenvalue weighted by molar-refractivity contribution is -0.138. The summed E-state index contributed by atoms with van der Waals surface area (Å²) in [4.78, 5) is 40.5. The van der Waals surface area contributed by atoms with Gasteiger partial charge in [0.1, 0.15) is 12.1 Å². The highest BCUT2D eigenvalue weighted by Gasteiger charge is 2.48. The molecule has 1 aliphatic carbocycles. The Morgan fingerprint density at radius 2 is 1.32 bits per heavy atom. The first-order valence-electron chi connectivity index (χ1n) is 13.6. The smallest absolute Gasteiger partial charge is 0.386 e. The number of nitrogens with one attached hydrogen (secondary N) is 2. The number of hydrogen-bond donors (Lipinski definition) is 6. The van der Waals surface area contributed by atoms with Crippen molar-refractivity contribution in [2.45, 2.75) is 55.3 Å². The second-order valence-corrected chi connectivity index (χ2v) is 10.5. The van der Waals surface area contributed by atoms with Crippen LogP contribution >= 0.6 is 0 Å². The third-order valence-corrected chi connectivity index (χ3v) is 7.23. The number of aliphatic hydroxyl groups excluding tert-OH is 1. The van der Waals surface area contributed by atoms with E-state index in [0.717, 1.165) is 24.3 Å². The molecule has 3 amide bonds. The van der Waals surface area contributed by atoms with Crippen LogP contribution in [0, 0.1) is 0 Å². The van der Waals surface area contributed by atoms with E-state index in [4.69, 9.17) is 17.2 Å². The van der Waals surface area contributed by atoms with Crippen LogP contribution in [0.15, 0.2) is 48.5 Å². The first-order chi connectivity index (χ1) is 20.5. The van der Waals surface area contributed by atoms with Crippen LogP contribution in [0.4, 0.5) is 26.3 Å². The Bertz CT molecular complexity index is 1290. The molecule has 0 saturated heterocycles. The summed E-state index contributed by atoms with van der Waals surface area (Å²) < 4.78 is 78.3. The molecular formula is C28H34F6N6O4. The fourth-order valence-corrected chi connectivity index (χ4v) is 4.60. The summed E-state index contributed by atoms with van der Waals surface area (Å²) in [7, 11) is 0. The molecule has 2 aromatic rings. The zero-order valence-corrected chi connectivity index (χ0v) is 23.4. The van der Waals surface area contributed by atoms with E-state index in [0.29, 0.717) is 30.5 Å². The van der Waals surface area contributed by atoms with Gasteiger partial charge in [-0.05, 0) is 48.2 Å². The van der Waals surface area contributed by atoms with Gasteiger partial charge in [-0.15, -0.1) is 0 Å². The van der Waals surface area contributed by atoms with E-state index in [-0.39, 0.29) is 31.7 Å². The minimum Gasteiger partial charge on any atom is -0.386 e. The molecule has 0 aliphatic heterocycles. The molecule has 1 fully saturated rings. The number of benzene rings is 2. The lowest BCUT2D eigenvalue weighted by Gasteiger charge is -2.28. The van der Waals surface area contributed by atoms with Gasteiger partial charge in [0.25, 0.3) is 0 Å². The Hall–Kier alpha value is -3.73. The van der Waals surface area contributed by atoms with Gasteiger partial charge in [0.05, 0.1) is 29.1 Å². The van der Waals surface area contributed by atoms with E-state index in [1.165, 1.54) is 17.0 Å². The minimum absolute atomic E-state index is 0.120. The topological polar surface area (TPSA) is 177 Å². The van der Waals surface area contributed by atoms with E-state index < -0.39 is 71.3 Å². The molecule has 2 aromatic carbocycles. The van der Waals surface area contributed by atoms with Crippen molar-refractivity contribution in [3.63, 3.8) is 0 Å². The average molecular weight is 633 g/mol. The van der Waals surface area contributed by atoms with Crippen LogP contribution in [0.2, 0.25) is 0 Å². The van der Waals surface area contributed by atoms with Crippen LogP contribution in [-0.2, 0) is 32.3 Å². The lowest BCUT2D eigenvalue weighted by Crippen LogP contribution is -2.56. The largest absolute Gasteiger partial charge is 0.416 e. The predicted molar refractivity (Wildman–Crippen MR) is 146 cm³/mol. The molecule has 0 aromatic heterocycles. The van der Waals surface area contributed by atoms with Crippen molar-refractivity contribution in [2.24, 2.45) is 17.2 Å². The maximum atomic E-state index is 13.5. The molecule has 1 saturated carbocycles. The molecule has 16 heteroatoms. The molecule has 1 aliphatic rings. The predicted octanol–water partition coefficient (Wildman–Crippen LogP) is 1.51. The third-order valence-electron chi connectivity index (χ3n) is 7.23. The first-order valence-corrected chi connectivity index (χ1v) is 13.6. The number of nitrogens with zero attached hydrogens (tertiary/aromatic N) is 1. The quantitative estimate of drug-likeness (QED) is 0.181. The molecule has 242 valence electrons. The lowest BCUT2D eigenvalue weighted by atomic mass is 9.97. The number of alkyl halides is 6.